The highest BCUT2D eigenvalue weighted by Crippen LogP contribution is 2.05. The Balaban J connectivity index is 1.88. The average Bonchev–Trinajstić information content (AvgIpc) is 2.50. The summed E-state index contributed by atoms with van der Waals surface area (Å²) in [4.78, 5) is 30.9. The zero-order valence-corrected chi connectivity index (χ0v) is 13.8. The minimum absolute atomic E-state index is 0.0560. The topological polar surface area (TPSA) is 74.8 Å². The molecule has 0 radical (unpaired) electrons. The van der Waals surface area contributed by atoms with Gasteiger partial charge in [-0.25, -0.2) is 4.98 Å². The first kappa shape index (κ1) is 16.9. The van der Waals surface area contributed by atoms with Gasteiger partial charge < -0.3 is 10.3 Å². The van der Waals surface area contributed by atoms with Crippen LogP contribution >= 0.6 is 0 Å². The van der Waals surface area contributed by atoms with Crippen LogP contribution in [0, 0.1) is 13.8 Å². The first-order chi connectivity index (χ1) is 11.0. The van der Waals surface area contributed by atoms with Gasteiger partial charge >= 0.3 is 0 Å². The molecule has 0 saturated carbocycles. The van der Waals surface area contributed by atoms with Crippen LogP contribution in [0.2, 0.25) is 0 Å². The van der Waals surface area contributed by atoms with E-state index in [-0.39, 0.29) is 23.9 Å². The van der Waals surface area contributed by atoms with E-state index >= 15 is 0 Å². The van der Waals surface area contributed by atoms with Crippen molar-refractivity contribution in [2.75, 3.05) is 0 Å². The van der Waals surface area contributed by atoms with E-state index in [4.69, 9.17) is 0 Å². The molecule has 1 aromatic heterocycles. The van der Waals surface area contributed by atoms with Crippen LogP contribution in [-0.2, 0) is 17.6 Å². The molecular weight excluding hydrogens is 290 g/mol. The molecule has 2 rings (SSSR count). The summed E-state index contributed by atoms with van der Waals surface area (Å²) in [5, 5.41) is 2.95. The highest BCUT2D eigenvalue weighted by molar-refractivity contribution is 5.78. The molecule has 0 aliphatic heterocycles. The molecule has 0 aliphatic rings. The van der Waals surface area contributed by atoms with Crippen LogP contribution in [0.25, 0.3) is 0 Å². The van der Waals surface area contributed by atoms with Gasteiger partial charge in [0.15, 0.2) is 0 Å². The van der Waals surface area contributed by atoms with E-state index in [9.17, 15) is 9.59 Å². The Kier molecular flexibility index (Phi) is 5.68. The molecule has 2 N–H and O–H groups in total. The van der Waals surface area contributed by atoms with Crippen molar-refractivity contribution in [3.8, 4) is 0 Å². The number of aromatic amines is 1. The first-order valence-corrected chi connectivity index (χ1v) is 7.85. The largest absolute Gasteiger partial charge is 0.353 e. The van der Waals surface area contributed by atoms with Gasteiger partial charge in [0.05, 0.1) is 6.42 Å². The molecule has 1 aromatic carbocycles. The summed E-state index contributed by atoms with van der Waals surface area (Å²) in [7, 11) is 0. The summed E-state index contributed by atoms with van der Waals surface area (Å²) in [5.74, 6) is 0.415. The van der Waals surface area contributed by atoms with Crippen molar-refractivity contribution in [2.45, 2.75) is 46.1 Å². The third kappa shape index (κ3) is 5.06. The highest BCUT2D eigenvalue weighted by atomic mass is 16.2. The molecule has 0 saturated heterocycles. The minimum atomic E-state index is -0.234. The van der Waals surface area contributed by atoms with Gasteiger partial charge in [0.25, 0.3) is 5.56 Å². The number of nitrogens with one attached hydrogen (secondary N) is 2. The van der Waals surface area contributed by atoms with Gasteiger partial charge in [-0.3, -0.25) is 9.59 Å². The number of rotatable bonds is 6. The second kappa shape index (κ2) is 7.72. The predicted molar refractivity (Wildman–Crippen MR) is 90.4 cm³/mol. The molecule has 0 spiro atoms. The number of amides is 1. The van der Waals surface area contributed by atoms with Crippen molar-refractivity contribution in [2.24, 2.45) is 0 Å². The van der Waals surface area contributed by atoms with Crippen molar-refractivity contribution in [3.05, 3.63) is 63.3 Å². The molecule has 122 valence electrons. The lowest BCUT2D eigenvalue weighted by atomic mass is 10.1. The molecule has 1 atom stereocenters. The quantitative estimate of drug-likeness (QED) is 0.857. The van der Waals surface area contributed by atoms with Gasteiger partial charge in [-0.05, 0) is 39.2 Å². The lowest BCUT2D eigenvalue weighted by Crippen LogP contribution is -2.35. The summed E-state index contributed by atoms with van der Waals surface area (Å²) in [6.45, 7) is 5.46. The number of H-pyrrole nitrogens is 1. The second-order valence-corrected chi connectivity index (χ2v) is 5.88. The fraction of sp³-hybridized carbons (Fsp3) is 0.389. The van der Waals surface area contributed by atoms with E-state index in [1.54, 1.807) is 13.8 Å². The van der Waals surface area contributed by atoms with Crippen LogP contribution in [0.4, 0.5) is 0 Å². The molecule has 1 amide bonds. The zero-order valence-electron chi connectivity index (χ0n) is 13.8. The molecule has 5 nitrogen and oxygen atoms in total. The molecule has 23 heavy (non-hydrogen) atoms. The van der Waals surface area contributed by atoms with Crippen molar-refractivity contribution in [1.29, 1.82) is 0 Å². The standard InChI is InChI=1S/C18H23N3O2/c1-12(9-10-15-7-5-4-6-8-15)19-17(22)11-16-13(2)20-14(3)21-18(16)23/h4-8,12H,9-11H2,1-3H3,(H,19,22)(H,20,21,23)/t12-/m0/s1. The Bertz CT molecular complexity index is 723. The maximum absolute atomic E-state index is 12.1. The van der Waals surface area contributed by atoms with E-state index in [1.807, 2.05) is 25.1 Å². The second-order valence-electron chi connectivity index (χ2n) is 5.88. The number of aryl methyl sites for hydroxylation is 3. The normalized spacial score (nSPS) is 12.0. The third-order valence-electron chi connectivity index (χ3n) is 3.79. The van der Waals surface area contributed by atoms with Crippen molar-refractivity contribution in [3.63, 3.8) is 0 Å². The maximum atomic E-state index is 12.1. The van der Waals surface area contributed by atoms with Crippen LogP contribution in [-0.4, -0.2) is 21.9 Å². The Morgan fingerprint density at radius 2 is 1.96 bits per heavy atom. The maximum Gasteiger partial charge on any atom is 0.254 e. The highest BCUT2D eigenvalue weighted by Gasteiger charge is 2.13. The number of carbonyl (C=O) groups excluding carboxylic acids is 1. The van der Waals surface area contributed by atoms with Crippen molar-refractivity contribution >= 4 is 5.91 Å². The van der Waals surface area contributed by atoms with Crippen LogP contribution in [0.3, 0.4) is 0 Å². The summed E-state index contributed by atoms with van der Waals surface area (Å²) in [5.41, 5.74) is 2.06. The monoisotopic (exact) mass is 313 g/mol. The van der Waals surface area contributed by atoms with Gasteiger partial charge in [0.1, 0.15) is 5.82 Å². The van der Waals surface area contributed by atoms with E-state index in [2.05, 4.69) is 27.4 Å². The molecule has 2 aromatic rings. The van der Waals surface area contributed by atoms with Crippen LogP contribution in [0.15, 0.2) is 35.1 Å². The summed E-state index contributed by atoms with van der Waals surface area (Å²) in [6.07, 6.45) is 1.83. The van der Waals surface area contributed by atoms with Gasteiger partial charge in [-0.2, -0.15) is 0 Å². The van der Waals surface area contributed by atoms with Crippen LogP contribution in [0.5, 0.6) is 0 Å². The van der Waals surface area contributed by atoms with Gasteiger partial charge in [-0.1, -0.05) is 30.3 Å². The number of aromatic nitrogens is 2. The number of nitrogens with zero attached hydrogens (tertiary/aromatic N) is 1. The number of hydrogen-bond donors (Lipinski definition) is 2. The van der Waals surface area contributed by atoms with E-state index in [0.717, 1.165) is 12.8 Å². The predicted octanol–water partition coefficient (Wildman–Crippen LogP) is 2.07. The lowest BCUT2D eigenvalue weighted by Gasteiger charge is -2.14. The Morgan fingerprint density at radius 1 is 1.26 bits per heavy atom. The van der Waals surface area contributed by atoms with Crippen molar-refractivity contribution in [1.82, 2.24) is 15.3 Å². The van der Waals surface area contributed by atoms with Gasteiger partial charge in [-0.15, -0.1) is 0 Å². The minimum Gasteiger partial charge on any atom is -0.353 e. The fourth-order valence-corrected chi connectivity index (χ4v) is 2.55. The van der Waals surface area contributed by atoms with E-state index < -0.39 is 0 Å². The summed E-state index contributed by atoms with van der Waals surface area (Å²) < 4.78 is 0. The van der Waals surface area contributed by atoms with Crippen LogP contribution in [0.1, 0.15) is 36.0 Å². The van der Waals surface area contributed by atoms with Crippen molar-refractivity contribution < 1.29 is 4.79 Å². The SMILES string of the molecule is Cc1nc(C)c(CC(=O)N[C@@H](C)CCc2ccccc2)c(=O)[nH]1. The van der Waals surface area contributed by atoms with Gasteiger partial charge in [0.2, 0.25) is 5.91 Å². The van der Waals surface area contributed by atoms with Crippen LogP contribution < -0.4 is 10.9 Å². The zero-order chi connectivity index (χ0) is 16.8. The smallest absolute Gasteiger partial charge is 0.254 e. The Morgan fingerprint density at radius 3 is 2.61 bits per heavy atom. The number of carbonyl (C=O) groups is 1. The van der Waals surface area contributed by atoms with Gasteiger partial charge in [0, 0.05) is 17.3 Å². The molecule has 0 aliphatic carbocycles. The number of hydrogen-bond acceptors (Lipinski definition) is 3. The number of benzene rings is 1. The Hall–Kier alpha value is -2.43. The first-order valence-electron chi connectivity index (χ1n) is 7.85. The Labute approximate surface area is 136 Å². The third-order valence-corrected chi connectivity index (χ3v) is 3.79. The summed E-state index contributed by atoms with van der Waals surface area (Å²) in [6, 6.07) is 10.2. The lowest BCUT2D eigenvalue weighted by molar-refractivity contribution is -0.121. The molecule has 5 heteroatoms. The van der Waals surface area contributed by atoms with E-state index in [0.29, 0.717) is 17.1 Å². The molecular formula is C18H23N3O2. The summed E-state index contributed by atoms with van der Waals surface area (Å²) >= 11 is 0. The molecule has 0 bridgehead atoms. The fourth-order valence-electron chi connectivity index (χ4n) is 2.55. The molecule has 0 fully saturated rings. The molecule has 0 unspecified atom stereocenters. The average molecular weight is 313 g/mol. The van der Waals surface area contributed by atoms with E-state index in [1.165, 1.54) is 5.56 Å². The molecule has 1 heterocycles.